The van der Waals surface area contributed by atoms with Gasteiger partial charge < -0.3 is 4.74 Å². The Hall–Kier alpha value is -2.41. The van der Waals surface area contributed by atoms with Gasteiger partial charge in [-0.15, -0.1) is 11.3 Å². The number of nitrogens with zero attached hydrogens (tertiary/aromatic N) is 4. The number of hydrogen-bond donors (Lipinski definition) is 0. The minimum Gasteiger partial charge on any atom is -0.489 e. The van der Waals surface area contributed by atoms with Crippen LogP contribution in [0.3, 0.4) is 0 Å². The Bertz CT molecular complexity index is 987. The Kier molecular flexibility index (Phi) is 3.44. The highest BCUT2D eigenvalue weighted by atomic mass is 32.1. The molecule has 6 nitrogen and oxygen atoms in total. The Morgan fingerprint density at radius 3 is 2.92 bits per heavy atom. The van der Waals surface area contributed by atoms with Gasteiger partial charge in [0.1, 0.15) is 12.4 Å². The third kappa shape index (κ3) is 2.65. The number of tetrazole rings is 1. The lowest BCUT2D eigenvalue weighted by Gasteiger charge is -2.11. The molecule has 4 rings (SSSR count). The van der Waals surface area contributed by atoms with Crippen molar-refractivity contribution in [2.45, 2.75) is 32.3 Å². The molecule has 124 valence electrons. The van der Waals surface area contributed by atoms with Crippen molar-refractivity contribution in [3.63, 3.8) is 0 Å². The molecule has 3 aromatic rings. The van der Waals surface area contributed by atoms with Gasteiger partial charge in [0, 0.05) is 22.9 Å². The lowest BCUT2D eigenvalue weighted by Crippen LogP contribution is -2.22. The summed E-state index contributed by atoms with van der Waals surface area (Å²) in [6.45, 7) is 2.29. The van der Waals surface area contributed by atoms with E-state index >= 15 is 0 Å². The predicted molar refractivity (Wildman–Crippen MR) is 92.0 cm³/mol. The van der Waals surface area contributed by atoms with Crippen LogP contribution in [-0.4, -0.2) is 19.8 Å². The summed E-state index contributed by atoms with van der Waals surface area (Å²) in [6.07, 6.45) is 2.35. The fourth-order valence-corrected chi connectivity index (χ4v) is 3.89. The van der Waals surface area contributed by atoms with Crippen LogP contribution in [0, 0.1) is 6.92 Å². The molecule has 0 amide bonds. The highest BCUT2D eigenvalue weighted by molar-refractivity contribution is 7.10. The van der Waals surface area contributed by atoms with Crippen molar-refractivity contribution in [1.82, 2.24) is 19.8 Å². The molecular weight excluding hydrogens is 324 g/mol. The van der Waals surface area contributed by atoms with Gasteiger partial charge in [0.2, 0.25) is 0 Å². The van der Waals surface area contributed by atoms with Gasteiger partial charge in [-0.2, -0.15) is 9.36 Å². The van der Waals surface area contributed by atoms with Gasteiger partial charge in [-0.25, -0.2) is 4.79 Å². The van der Waals surface area contributed by atoms with Crippen LogP contribution in [0.15, 0.2) is 34.4 Å². The maximum absolute atomic E-state index is 12.2. The molecule has 2 heterocycles. The van der Waals surface area contributed by atoms with E-state index in [1.54, 1.807) is 30.5 Å². The van der Waals surface area contributed by atoms with Crippen molar-refractivity contribution in [1.29, 1.82) is 0 Å². The molecule has 2 aromatic heterocycles. The van der Waals surface area contributed by atoms with E-state index in [0.717, 1.165) is 22.6 Å². The van der Waals surface area contributed by atoms with E-state index in [0.29, 0.717) is 18.6 Å². The van der Waals surface area contributed by atoms with Gasteiger partial charge >= 0.3 is 5.69 Å². The molecule has 24 heavy (non-hydrogen) atoms. The zero-order valence-electron chi connectivity index (χ0n) is 14.5. The maximum Gasteiger partial charge on any atom is 0.368 e. The summed E-state index contributed by atoms with van der Waals surface area (Å²) in [4.78, 5) is 13.5. The molecule has 0 bridgehead atoms. The highest BCUT2D eigenvalue weighted by Gasteiger charge is 2.30. The quantitative estimate of drug-likeness (QED) is 0.714. The molecule has 0 radical (unpaired) electrons. The summed E-state index contributed by atoms with van der Waals surface area (Å²) in [5.41, 5.74) is 2.41. The topological polar surface area (TPSA) is 61.9 Å². The first-order valence-corrected chi connectivity index (χ1v) is 8.72. The van der Waals surface area contributed by atoms with Crippen molar-refractivity contribution >= 4 is 11.3 Å². The van der Waals surface area contributed by atoms with Crippen molar-refractivity contribution < 1.29 is 6.11 Å². The number of benzene rings is 1. The summed E-state index contributed by atoms with van der Waals surface area (Å²) >= 11 is 1.65. The first-order chi connectivity index (χ1) is 12.0. The number of aryl methyl sites for hydroxylation is 2. The Balaban J connectivity index is 1.69. The summed E-state index contributed by atoms with van der Waals surface area (Å²) < 4.78 is 16.2. The SMILES string of the molecule is [3H]c1ccc(OCc2c(-n3nnn(C)c3=O)csc2C2CC2)c(C)c1. The molecule has 0 unspecified atom stereocenters. The monoisotopic (exact) mass is 344 g/mol. The molecule has 1 aliphatic rings. The zero-order valence-corrected chi connectivity index (χ0v) is 14.3. The molecule has 0 N–H and O–H groups in total. The van der Waals surface area contributed by atoms with Gasteiger partial charge in [-0.1, -0.05) is 18.2 Å². The van der Waals surface area contributed by atoms with Crippen LogP contribution >= 0.6 is 11.3 Å². The predicted octanol–water partition coefficient (Wildman–Crippen LogP) is 2.79. The Morgan fingerprint density at radius 1 is 1.42 bits per heavy atom. The minimum atomic E-state index is -0.267. The Morgan fingerprint density at radius 2 is 2.25 bits per heavy atom. The molecule has 1 aliphatic carbocycles. The van der Waals surface area contributed by atoms with E-state index in [1.807, 2.05) is 18.4 Å². The van der Waals surface area contributed by atoms with E-state index in [2.05, 4.69) is 10.4 Å². The molecule has 1 saturated carbocycles. The second kappa shape index (κ2) is 5.90. The van der Waals surface area contributed by atoms with Crippen LogP contribution in [0.2, 0.25) is 0 Å². The van der Waals surface area contributed by atoms with Crippen LogP contribution < -0.4 is 10.4 Å². The molecule has 0 aliphatic heterocycles. The van der Waals surface area contributed by atoms with Gasteiger partial charge in [0.25, 0.3) is 0 Å². The van der Waals surface area contributed by atoms with E-state index in [-0.39, 0.29) is 5.69 Å². The van der Waals surface area contributed by atoms with Crippen LogP contribution in [0.1, 0.15) is 36.1 Å². The molecule has 1 aromatic carbocycles. The largest absolute Gasteiger partial charge is 0.489 e. The summed E-state index contributed by atoms with van der Waals surface area (Å²) in [7, 11) is 1.59. The first kappa shape index (κ1) is 14.0. The summed E-state index contributed by atoms with van der Waals surface area (Å²) in [6, 6.07) is 5.77. The number of para-hydroxylation sites is 1. The summed E-state index contributed by atoms with van der Waals surface area (Å²) in [5, 5.41) is 9.73. The maximum atomic E-state index is 12.2. The molecule has 1 fully saturated rings. The van der Waals surface area contributed by atoms with Gasteiger partial charge in [-0.05, 0) is 47.7 Å². The normalized spacial score (nSPS) is 14.7. The number of hydrogen-bond acceptors (Lipinski definition) is 5. The van der Waals surface area contributed by atoms with Crippen molar-refractivity contribution in [2.24, 2.45) is 7.05 Å². The second-order valence-electron chi connectivity index (χ2n) is 6.02. The van der Waals surface area contributed by atoms with Crippen molar-refractivity contribution in [2.75, 3.05) is 0 Å². The molecule has 7 heteroatoms. The van der Waals surface area contributed by atoms with Crippen LogP contribution in [0.25, 0.3) is 5.69 Å². The third-order valence-electron chi connectivity index (χ3n) is 4.19. The number of aromatic nitrogens is 4. The average molecular weight is 344 g/mol. The third-order valence-corrected chi connectivity index (χ3v) is 5.37. The van der Waals surface area contributed by atoms with E-state index in [4.69, 9.17) is 6.11 Å². The van der Waals surface area contributed by atoms with Crippen LogP contribution in [0.5, 0.6) is 5.75 Å². The smallest absolute Gasteiger partial charge is 0.368 e. The minimum absolute atomic E-state index is 0.267. The fourth-order valence-electron chi connectivity index (χ4n) is 2.67. The molecular formula is C17H18N4O2S. The van der Waals surface area contributed by atoms with Crippen LogP contribution in [0.4, 0.5) is 0 Å². The average Bonchev–Trinajstić information content (AvgIpc) is 3.27. The zero-order chi connectivity index (χ0) is 17.6. The van der Waals surface area contributed by atoms with Gasteiger partial charge in [-0.3, -0.25) is 0 Å². The second-order valence-corrected chi connectivity index (χ2v) is 6.93. The fraction of sp³-hybridized carbons (Fsp3) is 0.353. The summed E-state index contributed by atoms with van der Waals surface area (Å²) in [5.74, 6) is 1.31. The van der Waals surface area contributed by atoms with E-state index in [9.17, 15) is 4.79 Å². The van der Waals surface area contributed by atoms with Crippen LogP contribution in [-0.2, 0) is 13.7 Å². The van der Waals surface area contributed by atoms with Gasteiger partial charge in [0.05, 0.1) is 7.06 Å². The first-order valence-electron chi connectivity index (χ1n) is 8.34. The standard InChI is InChI=1S/C17H18N4O2S/c1-11-5-3-4-6-15(11)23-9-13-14(10-24-16(13)12-7-8-12)21-17(22)20(2)18-19-21/h3-6,10,12H,7-9H2,1-2H3/i3T. The Labute approximate surface area is 144 Å². The number of rotatable bonds is 5. The lowest BCUT2D eigenvalue weighted by atomic mass is 10.2. The number of thiophene rings is 1. The molecule has 0 saturated heterocycles. The molecule has 0 spiro atoms. The molecule has 0 atom stereocenters. The lowest BCUT2D eigenvalue weighted by molar-refractivity contribution is 0.303. The van der Waals surface area contributed by atoms with Gasteiger partial charge in [0.15, 0.2) is 0 Å². The van der Waals surface area contributed by atoms with Crippen molar-refractivity contribution in [3.05, 3.63) is 56.1 Å². The van der Waals surface area contributed by atoms with Crippen molar-refractivity contribution in [3.8, 4) is 11.4 Å². The van der Waals surface area contributed by atoms with E-state index < -0.39 is 0 Å². The number of ether oxygens (including phenoxy) is 1. The highest BCUT2D eigenvalue weighted by Crippen LogP contribution is 2.46. The van der Waals surface area contributed by atoms with E-state index in [1.165, 1.54) is 27.1 Å².